The normalized spacial score (nSPS) is 12.0. The third-order valence-corrected chi connectivity index (χ3v) is 8.03. The first-order valence-electron chi connectivity index (χ1n) is 10.6. The van der Waals surface area contributed by atoms with Crippen LogP contribution in [0.3, 0.4) is 0 Å². The van der Waals surface area contributed by atoms with Crippen LogP contribution in [-0.4, -0.2) is 67.9 Å². The average molecular weight is 556 g/mol. The summed E-state index contributed by atoms with van der Waals surface area (Å²) in [5.41, 5.74) is 6.89. The number of rotatable bonds is 10. The second kappa shape index (κ2) is 11.9. The van der Waals surface area contributed by atoms with Crippen LogP contribution in [0.1, 0.15) is 11.1 Å². The molecule has 0 fully saturated rings. The minimum absolute atomic E-state index is 0.0358. The van der Waals surface area contributed by atoms with Gasteiger partial charge in [-0.25, -0.2) is 21.8 Å². The van der Waals surface area contributed by atoms with Crippen molar-refractivity contribution < 1.29 is 35.9 Å². The van der Waals surface area contributed by atoms with E-state index in [4.69, 9.17) is 15.2 Å². The van der Waals surface area contributed by atoms with Crippen LogP contribution < -0.4 is 29.6 Å². The molecule has 2 amide bonds. The summed E-state index contributed by atoms with van der Waals surface area (Å²) in [6.07, 6.45) is 1.47. The molecular formula is C22H29N5O8S2. The summed E-state index contributed by atoms with van der Waals surface area (Å²) in [4.78, 5) is 28.5. The smallest absolute Gasteiger partial charge is 0.246 e. The number of nitrogens with zero attached hydrogens (tertiary/aromatic N) is 2. The standard InChI is InChI=1S/C22H29N5O8S2/c1-14-6-8-16(27(36(4,30)31)37(5,32)33)12-17(14)25-21(29)13-24-22(23)26-20(28)11-15-7-9-18(34-2)19(10-15)35-3/h6-10,12H,11,13H2,1-5H3,(H,25,29)(H3,23,24,26,28). The van der Waals surface area contributed by atoms with Gasteiger partial charge in [-0.15, -0.1) is 0 Å². The van der Waals surface area contributed by atoms with Gasteiger partial charge in [0.1, 0.15) is 6.54 Å². The van der Waals surface area contributed by atoms with Crippen LogP contribution in [-0.2, 0) is 36.1 Å². The average Bonchev–Trinajstić information content (AvgIpc) is 2.77. The van der Waals surface area contributed by atoms with Gasteiger partial charge in [0.05, 0.1) is 38.8 Å². The highest BCUT2D eigenvalue weighted by Crippen LogP contribution is 2.28. The SMILES string of the molecule is COc1ccc(CC(=O)NC(N)=NCC(=O)Nc2cc(N(S(C)(=O)=O)S(C)(=O)=O)ccc2C)cc1OC. The number of benzene rings is 2. The number of carbonyl (C=O) groups is 2. The third-order valence-electron chi connectivity index (χ3n) is 4.78. The Morgan fingerprint density at radius 2 is 1.57 bits per heavy atom. The fraction of sp³-hybridized carbons (Fsp3) is 0.318. The van der Waals surface area contributed by atoms with Crippen LogP contribution in [0.5, 0.6) is 11.5 Å². The van der Waals surface area contributed by atoms with Crippen molar-refractivity contribution >= 4 is 49.2 Å². The van der Waals surface area contributed by atoms with E-state index in [9.17, 15) is 26.4 Å². The number of hydrogen-bond acceptors (Lipinski definition) is 9. The van der Waals surface area contributed by atoms with Crippen molar-refractivity contribution in [3.8, 4) is 11.5 Å². The van der Waals surface area contributed by atoms with E-state index in [2.05, 4.69) is 15.6 Å². The van der Waals surface area contributed by atoms with Gasteiger partial charge in [0.25, 0.3) is 0 Å². The lowest BCUT2D eigenvalue weighted by molar-refractivity contribution is -0.119. The maximum absolute atomic E-state index is 12.4. The number of anilines is 2. The largest absolute Gasteiger partial charge is 0.493 e. The molecule has 37 heavy (non-hydrogen) atoms. The number of aliphatic imine (C=N–C) groups is 1. The monoisotopic (exact) mass is 555 g/mol. The van der Waals surface area contributed by atoms with Gasteiger partial charge in [-0.3, -0.25) is 14.9 Å². The van der Waals surface area contributed by atoms with Crippen molar-refractivity contribution in [2.75, 3.05) is 42.3 Å². The van der Waals surface area contributed by atoms with Gasteiger partial charge in [0, 0.05) is 5.69 Å². The fourth-order valence-electron chi connectivity index (χ4n) is 3.24. The molecule has 202 valence electrons. The van der Waals surface area contributed by atoms with E-state index in [-0.39, 0.29) is 27.5 Å². The van der Waals surface area contributed by atoms with Crippen molar-refractivity contribution in [3.63, 3.8) is 0 Å². The van der Waals surface area contributed by atoms with Gasteiger partial charge in [-0.2, -0.15) is 3.71 Å². The Labute approximate surface area is 215 Å². The summed E-state index contributed by atoms with van der Waals surface area (Å²) in [6, 6.07) is 8.97. The summed E-state index contributed by atoms with van der Waals surface area (Å²) in [5.74, 6) is -0.422. The van der Waals surface area contributed by atoms with E-state index in [0.717, 1.165) is 12.5 Å². The summed E-state index contributed by atoms with van der Waals surface area (Å²) in [6.45, 7) is 1.17. The zero-order valence-corrected chi connectivity index (χ0v) is 22.6. The molecule has 0 aromatic heterocycles. The van der Waals surface area contributed by atoms with Crippen molar-refractivity contribution in [3.05, 3.63) is 47.5 Å². The van der Waals surface area contributed by atoms with E-state index in [1.54, 1.807) is 25.1 Å². The lowest BCUT2D eigenvalue weighted by Gasteiger charge is -2.21. The molecule has 2 rings (SSSR count). The summed E-state index contributed by atoms with van der Waals surface area (Å²) in [7, 11) is -5.34. The molecule has 0 unspecified atom stereocenters. The number of aryl methyl sites for hydroxylation is 1. The minimum atomic E-state index is -4.16. The number of sulfonamides is 2. The number of hydrogen-bond donors (Lipinski definition) is 3. The molecule has 0 radical (unpaired) electrons. The van der Waals surface area contributed by atoms with Gasteiger partial charge in [-0.05, 0) is 42.3 Å². The van der Waals surface area contributed by atoms with Crippen molar-refractivity contribution in [1.29, 1.82) is 0 Å². The van der Waals surface area contributed by atoms with Crippen LogP contribution in [0.2, 0.25) is 0 Å². The van der Waals surface area contributed by atoms with Crippen LogP contribution in [0.25, 0.3) is 0 Å². The van der Waals surface area contributed by atoms with Gasteiger partial charge in [0.2, 0.25) is 31.9 Å². The predicted molar refractivity (Wildman–Crippen MR) is 140 cm³/mol. The number of nitrogens with two attached hydrogens (primary N) is 1. The molecule has 2 aromatic carbocycles. The molecule has 0 bridgehead atoms. The molecule has 0 saturated heterocycles. The maximum atomic E-state index is 12.4. The molecule has 0 spiro atoms. The quantitative estimate of drug-likeness (QED) is 0.275. The number of nitrogens with one attached hydrogen (secondary N) is 2. The molecule has 0 aliphatic rings. The van der Waals surface area contributed by atoms with E-state index < -0.39 is 38.4 Å². The molecule has 0 aliphatic heterocycles. The molecule has 15 heteroatoms. The Kier molecular flexibility index (Phi) is 9.47. The number of ether oxygens (including phenoxy) is 2. The Bertz CT molecular complexity index is 1390. The van der Waals surface area contributed by atoms with Crippen LogP contribution in [0, 0.1) is 6.92 Å². The molecular weight excluding hydrogens is 526 g/mol. The molecule has 2 aromatic rings. The zero-order chi connectivity index (χ0) is 28.0. The fourth-order valence-corrected chi connectivity index (χ4v) is 6.20. The number of carbonyl (C=O) groups excluding carboxylic acids is 2. The van der Waals surface area contributed by atoms with E-state index in [0.29, 0.717) is 22.6 Å². The summed E-state index contributed by atoms with van der Waals surface area (Å²) >= 11 is 0. The van der Waals surface area contributed by atoms with Crippen molar-refractivity contribution in [2.24, 2.45) is 10.7 Å². The summed E-state index contributed by atoms with van der Waals surface area (Å²) < 4.78 is 58.7. The molecule has 13 nitrogen and oxygen atoms in total. The topological polar surface area (TPSA) is 187 Å². The van der Waals surface area contributed by atoms with Gasteiger partial charge < -0.3 is 20.5 Å². The predicted octanol–water partition coefficient (Wildman–Crippen LogP) is 0.350. The first-order valence-corrected chi connectivity index (χ1v) is 14.3. The first kappa shape index (κ1) is 29.4. The minimum Gasteiger partial charge on any atom is -0.493 e. The number of guanidine groups is 1. The lowest BCUT2D eigenvalue weighted by Crippen LogP contribution is -2.38. The maximum Gasteiger partial charge on any atom is 0.246 e. The van der Waals surface area contributed by atoms with Crippen LogP contribution in [0.4, 0.5) is 11.4 Å². The Morgan fingerprint density at radius 1 is 0.946 bits per heavy atom. The van der Waals surface area contributed by atoms with E-state index in [1.165, 1.54) is 32.4 Å². The Hall–Kier alpha value is -3.85. The molecule has 0 atom stereocenters. The molecule has 0 heterocycles. The van der Waals surface area contributed by atoms with Crippen molar-refractivity contribution in [2.45, 2.75) is 13.3 Å². The van der Waals surface area contributed by atoms with Gasteiger partial charge in [-0.1, -0.05) is 12.1 Å². The van der Waals surface area contributed by atoms with Gasteiger partial charge >= 0.3 is 0 Å². The summed E-state index contributed by atoms with van der Waals surface area (Å²) in [5, 5.41) is 4.90. The van der Waals surface area contributed by atoms with Crippen LogP contribution in [0.15, 0.2) is 41.4 Å². The molecule has 0 saturated carbocycles. The van der Waals surface area contributed by atoms with Gasteiger partial charge in [0.15, 0.2) is 17.5 Å². The molecule has 4 N–H and O–H groups in total. The second-order valence-electron chi connectivity index (χ2n) is 7.89. The van der Waals surface area contributed by atoms with E-state index in [1.807, 2.05) is 0 Å². The van der Waals surface area contributed by atoms with Crippen LogP contribution >= 0.6 is 0 Å². The highest BCUT2D eigenvalue weighted by molar-refractivity contribution is 8.09. The zero-order valence-electron chi connectivity index (χ0n) is 20.9. The second-order valence-corrected chi connectivity index (χ2v) is 11.8. The van der Waals surface area contributed by atoms with Crippen molar-refractivity contribution in [1.82, 2.24) is 5.32 Å². The highest BCUT2D eigenvalue weighted by Gasteiger charge is 2.27. The third kappa shape index (κ3) is 8.35. The highest BCUT2D eigenvalue weighted by atomic mass is 32.3. The number of methoxy groups -OCH3 is 2. The lowest BCUT2D eigenvalue weighted by atomic mass is 10.1. The van der Waals surface area contributed by atoms with E-state index >= 15 is 0 Å². The Balaban J connectivity index is 2.06. The number of amides is 2. The first-order chi connectivity index (χ1) is 17.1. The molecule has 0 aliphatic carbocycles. The Morgan fingerprint density at radius 3 is 2.14 bits per heavy atom.